The zero-order valence-corrected chi connectivity index (χ0v) is 12.5. The molecule has 1 aliphatic rings. The molecule has 1 fully saturated rings. The van der Waals surface area contributed by atoms with E-state index >= 15 is 0 Å². The zero-order chi connectivity index (χ0) is 14.5. The van der Waals surface area contributed by atoms with Gasteiger partial charge in [-0.1, -0.05) is 31.4 Å². The van der Waals surface area contributed by atoms with Crippen molar-refractivity contribution in [1.29, 1.82) is 0 Å². The molecule has 4 heteroatoms. The topological polar surface area (TPSA) is 58.7 Å². The summed E-state index contributed by atoms with van der Waals surface area (Å²) in [5.74, 6) is 0.728. The highest BCUT2D eigenvalue weighted by molar-refractivity contribution is 5.47. The van der Waals surface area contributed by atoms with Crippen molar-refractivity contribution in [2.45, 2.75) is 44.2 Å². The van der Waals surface area contributed by atoms with Crippen molar-refractivity contribution in [1.82, 2.24) is 4.90 Å². The summed E-state index contributed by atoms with van der Waals surface area (Å²) in [6.45, 7) is 0.494. The number of nitrogens with two attached hydrogens (primary N) is 1. The Kier molecular flexibility index (Phi) is 5.26. The van der Waals surface area contributed by atoms with E-state index in [-0.39, 0.29) is 11.8 Å². The van der Waals surface area contributed by atoms with E-state index in [1.54, 1.807) is 13.2 Å². The standard InChI is InChI=1S/C16H26N2O2/c1-18(12-7-4-3-5-8-12)14(11-17)13-9-6-10-15(20-2)16(13)19/h6,9-10,12,14,19H,3-5,7-8,11,17H2,1-2H3. The quantitative estimate of drug-likeness (QED) is 0.869. The van der Waals surface area contributed by atoms with Crippen LogP contribution in [0, 0.1) is 0 Å². The van der Waals surface area contributed by atoms with Crippen LogP contribution in [-0.4, -0.2) is 36.8 Å². The lowest BCUT2D eigenvalue weighted by Gasteiger charge is -2.37. The predicted molar refractivity (Wildman–Crippen MR) is 81.1 cm³/mol. The van der Waals surface area contributed by atoms with Crippen LogP contribution < -0.4 is 10.5 Å². The maximum absolute atomic E-state index is 10.3. The number of nitrogens with zero attached hydrogens (tertiary/aromatic N) is 1. The number of rotatable bonds is 5. The molecule has 2 rings (SSSR count). The number of likely N-dealkylation sites (N-methyl/N-ethyl adjacent to an activating group) is 1. The number of hydrogen-bond donors (Lipinski definition) is 2. The average molecular weight is 278 g/mol. The lowest BCUT2D eigenvalue weighted by Crippen LogP contribution is -2.39. The number of phenols is 1. The molecule has 112 valence electrons. The second kappa shape index (κ2) is 6.95. The number of hydrogen-bond acceptors (Lipinski definition) is 4. The van der Waals surface area contributed by atoms with E-state index in [2.05, 4.69) is 11.9 Å². The van der Waals surface area contributed by atoms with Gasteiger partial charge in [0.15, 0.2) is 11.5 Å². The molecule has 0 heterocycles. The number of aromatic hydroxyl groups is 1. The summed E-state index contributed by atoms with van der Waals surface area (Å²) in [4.78, 5) is 2.33. The molecular formula is C16H26N2O2. The lowest BCUT2D eigenvalue weighted by atomic mass is 9.92. The summed E-state index contributed by atoms with van der Waals surface area (Å²) in [5.41, 5.74) is 6.84. The van der Waals surface area contributed by atoms with E-state index in [0.717, 1.165) is 5.56 Å². The minimum atomic E-state index is 0.0354. The number of methoxy groups -OCH3 is 1. The SMILES string of the molecule is COc1cccc(C(CN)N(C)C2CCCCC2)c1O. The molecule has 0 amide bonds. The zero-order valence-electron chi connectivity index (χ0n) is 12.5. The second-order valence-electron chi connectivity index (χ2n) is 5.61. The lowest BCUT2D eigenvalue weighted by molar-refractivity contribution is 0.138. The molecule has 1 aliphatic carbocycles. The van der Waals surface area contributed by atoms with Gasteiger partial charge in [-0.2, -0.15) is 0 Å². The summed E-state index contributed by atoms with van der Waals surface area (Å²) in [5, 5.41) is 10.3. The van der Waals surface area contributed by atoms with Crippen molar-refractivity contribution < 1.29 is 9.84 Å². The van der Waals surface area contributed by atoms with Gasteiger partial charge in [0.1, 0.15) is 0 Å². The van der Waals surface area contributed by atoms with Gasteiger partial charge in [-0.25, -0.2) is 0 Å². The fraction of sp³-hybridized carbons (Fsp3) is 0.625. The summed E-state index contributed by atoms with van der Waals surface area (Å²) in [7, 11) is 3.69. The highest BCUT2D eigenvalue weighted by Gasteiger charge is 2.27. The first kappa shape index (κ1) is 15.1. The van der Waals surface area contributed by atoms with E-state index in [0.29, 0.717) is 18.3 Å². The number of ether oxygens (including phenoxy) is 1. The van der Waals surface area contributed by atoms with Crippen LogP contribution >= 0.6 is 0 Å². The summed E-state index contributed by atoms with van der Waals surface area (Å²) < 4.78 is 5.20. The highest BCUT2D eigenvalue weighted by Crippen LogP contribution is 2.37. The molecule has 0 spiro atoms. The van der Waals surface area contributed by atoms with E-state index in [4.69, 9.17) is 10.5 Å². The van der Waals surface area contributed by atoms with Crippen LogP contribution in [-0.2, 0) is 0 Å². The van der Waals surface area contributed by atoms with E-state index in [1.807, 2.05) is 12.1 Å². The molecule has 0 radical (unpaired) electrons. The Morgan fingerprint density at radius 2 is 2.05 bits per heavy atom. The molecule has 20 heavy (non-hydrogen) atoms. The highest BCUT2D eigenvalue weighted by atomic mass is 16.5. The summed E-state index contributed by atoms with van der Waals surface area (Å²) in [6.07, 6.45) is 6.35. The maximum Gasteiger partial charge on any atom is 0.162 e. The Balaban J connectivity index is 2.22. The first-order chi connectivity index (χ1) is 9.69. The van der Waals surface area contributed by atoms with Gasteiger partial charge in [0.25, 0.3) is 0 Å². The largest absolute Gasteiger partial charge is 0.504 e. The molecule has 0 bridgehead atoms. The van der Waals surface area contributed by atoms with E-state index in [1.165, 1.54) is 32.1 Å². The minimum Gasteiger partial charge on any atom is -0.504 e. The predicted octanol–water partition coefficient (Wildman–Crippen LogP) is 2.67. The molecule has 1 saturated carbocycles. The molecule has 0 aliphatic heterocycles. The number of phenolic OH excluding ortho intramolecular Hbond substituents is 1. The van der Waals surface area contributed by atoms with Crippen molar-refractivity contribution in [2.75, 3.05) is 20.7 Å². The maximum atomic E-state index is 10.3. The normalized spacial score (nSPS) is 18.2. The first-order valence-electron chi connectivity index (χ1n) is 7.47. The third-order valence-corrected chi connectivity index (χ3v) is 4.47. The van der Waals surface area contributed by atoms with Gasteiger partial charge in [0.05, 0.1) is 13.2 Å². The third kappa shape index (κ3) is 3.07. The van der Waals surface area contributed by atoms with Crippen LogP contribution in [0.5, 0.6) is 11.5 Å². The van der Waals surface area contributed by atoms with Crippen molar-refractivity contribution in [3.8, 4) is 11.5 Å². The van der Waals surface area contributed by atoms with Crippen molar-refractivity contribution >= 4 is 0 Å². The summed E-state index contributed by atoms with van der Waals surface area (Å²) in [6, 6.07) is 6.21. The van der Waals surface area contributed by atoms with Gasteiger partial charge < -0.3 is 15.6 Å². The Morgan fingerprint density at radius 1 is 1.35 bits per heavy atom. The fourth-order valence-electron chi connectivity index (χ4n) is 3.23. The molecule has 1 aromatic carbocycles. The van der Waals surface area contributed by atoms with Gasteiger partial charge in [-0.3, -0.25) is 4.90 Å². The van der Waals surface area contributed by atoms with E-state index in [9.17, 15) is 5.11 Å². The monoisotopic (exact) mass is 278 g/mol. The molecule has 1 aromatic rings. The van der Waals surface area contributed by atoms with Crippen LogP contribution in [0.1, 0.15) is 43.7 Å². The van der Waals surface area contributed by atoms with Crippen molar-refractivity contribution in [3.63, 3.8) is 0 Å². The van der Waals surface area contributed by atoms with Gasteiger partial charge >= 0.3 is 0 Å². The van der Waals surface area contributed by atoms with Gasteiger partial charge in [-0.05, 0) is 26.0 Å². The number of para-hydroxylation sites is 1. The smallest absolute Gasteiger partial charge is 0.162 e. The Morgan fingerprint density at radius 3 is 2.65 bits per heavy atom. The fourth-order valence-corrected chi connectivity index (χ4v) is 3.23. The molecule has 1 atom stereocenters. The Labute approximate surface area is 121 Å². The van der Waals surface area contributed by atoms with Crippen molar-refractivity contribution in [3.05, 3.63) is 23.8 Å². The van der Waals surface area contributed by atoms with Crippen LogP contribution in [0.2, 0.25) is 0 Å². The average Bonchev–Trinajstić information content (AvgIpc) is 2.50. The van der Waals surface area contributed by atoms with Crippen LogP contribution in [0.3, 0.4) is 0 Å². The Bertz CT molecular complexity index is 430. The number of benzene rings is 1. The Hall–Kier alpha value is -1.26. The molecule has 0 saturated heterocycles. The summed E-state index contributed by atoms with van der Waals surface area (Å²) >= 11 is 0. The first-order valence-corrected chi connectivity index (χ1v) is 7.47. The molecule has 4 nitrogen and oxygen atoms in total. The molecule has 3 N–H and O–H groups in total. The van der Waals surface area contributed by atoms with Crippen LogP contribution in [0.4, 0.5) is 0 Å². The second-order valence-corrected chi connectivity index (χ2v) is 5.61. The third-order valence-electron chi connectivity index (χ3n) is 4.47. The van der Waals surface area contributed by atoms with Crippen LogP contribution in [0.15, 0.2) is 18.2 Å². The van der Waals surface area contributed by atoms with Gasteiger partial charge in [0, 0.05) is 18.2 Å². The molecular weight excluding hydrogens is 252 g/mol. The van der Waals surface area contributed by atoms with Gasteiger partial charge in [0.2, 0.25) is 0 Å². The van der Waals surface area contributed by atoms with Gasteiger partial charge in [-0.15, -0.1) is 0 Å². The minimum absolute atomic E-state index is 0.0354. The van der Waals surface area contributed by atoms with Crippen molar-refractivity contribution in [2.24, 2.45) is 5.73 Å². The molecule has 0 aromatic heterocycles. The van der Waals surface area contributed by atoms with E-state index < -0.39 is 0 Å². The van der Waals surface area contributed by atoms with Crippen LogP contribution in [0.25, 0.3) is 0 Å². The molecule has 1 unspecified atom stereocenters.